The van der Waals surface area contributed by atoms with Gasteiger partial charge in [-0.25, -0.2) is 4.39 Å². The first-order chi connectivity index (χ1) is 8.06. The highest BCUT2D eigenvalue weighted by atomic mass is 19.1. The van der Waals surface area contributed by atoms with Crippen LogP contribution < -0.4 is 11.1 Å². The predicted molar refractivity (Wildman–Crippen MR) is 64.2 cm³/mol. The highest BCUT2D eigenvalue weighted by Gasteiger charge is 2.14. The molecule has 0 heterocycles. The van der Waals surface area contributed by atoms with Crippen LogP contribution in [-0.2, 0) is 9.53 Å². The van der Waals surface area contributed by atoms with Crippen molar-refractivity contribution in [3.05, 3.63) is 29.6 Å². The summed E-state index contributed by atoms with van der Waals surface area (Å²) < 4.78 is 18.1. The maximum Gasteiger partial charge on any atom is 0.241 e. The number of carbonyl (C=O) groups is 1. The molecule has 1 rings (SSSR count). The Bertz CT molecular complexity index is 396. The van der Waals surface area contributed by atoms with Crippen LogP contribution >= 0.6 is 0 Å². The van der Waals surface area contributed by atoms with E-state index in [2.05, 4.69) is 5.32 Å². The molecule has 0 fully saturated rings. The van der Waals surface area contributed by atoms with Crippen LogP contribution in [0.5, 0.6) is 0 Å². The molecule has 0 saturated carbocycles. The van der Waals surface area contributed by atoms with E-state index in [4.69, 9.17) is 10.5 Å². The zero-order chi connectivity index (χ0) is 12.8. The quantitative estimate of drug-likeness (QED) is 0.818. The van der Waals surface area contributed by atoms with Gasteiger partial charge < -0.3 is 15.8 Å². The Morgan fingerprint density at radius 3 is 2.94 bits per heavy atom. The average Bonchev–Trinajstić information content (AvgIpc) is 2.31. The lowest BCUT2D eigenvalue weighted by molar-refractivity contribution is -0.117. The molecular weight excluding hydrogens is 223 g/mol. The molecular formula is C12H17FN2O2. The number of hydrogen-bond acceptors (Lipinski definition) is 3. The van der Waals surface area contributed by atoms with Gasteiger partial charge in [0.15, 0.2) is 0 Å². The minimum atomic E-state index is -0.655. The van der Waals surface area contributed by atoms with Gasteiger partial charge in [-0.15, -0.1) is 0 Å². The van der Waals surface area contributed by atoms with Gasteiger partial charge in [-0.05, 0) is 25.5 Å². The number of amides is 1. The number of anilines is 1. The molecule has 17 heavy (non-hydrogen) atoms. The fourth-order valence-corrected chi connectivity index (χ4v) is 1.34. The number of nitrogens with one attached hydrogen (secondary N) is 1. The molecule has 0 saturated heterocycles. The van der Waals surface area contributed by atoms with E-state index < -0.39 is 6.04 Å². The lowest BCUT2D eigenvalue weighted by atomic mass is 10.1. The van der Waals surface area contributed by atoms with E-state index >= 15 is 0 Å². The van der Waals surface area contributed by atoms with Gasteiger partial charge >= 0.3 is 0 Å². The summed E-state index contributed by atoms with van der Waals surface area (Å²) in [5.74, 6) is -0.691. The van der Waals surface area contributed by atoms with Gasteiger partial charge in [0.25, 0.3) is 0 Å². The van der Waals surface area contributed by atoms with Crippen molar-refractivity contribution in [3.63, 3.8) is 0 Å². The number of methoxy groups -OCH3 is 1. The molecule has 0 aliphatic heterocycles. The Morgan fingerprint density at radius 2 is 2.29 bits per heavy atom. The number of hydrogen-bond donors (Lipinski definition) is 2. The second kappa shape index (κ2) is 6.32. The third kappa shape index (κ3) is 3.80. The van der Waals surface area contributed by atoms with Gasteiger partial charge in [0, 0.05) is 25.0 Å². The fraction of sp³-hybridized carbons (Fsp3) is 0.417. The zero-order valence-corrected chi connectivity index (χ0v) is 10.00. The zero-order valence-electron chi connectivity index (χ0n) is 10.00. The summed E-state index contributed by atoms with van der Waals surface area (Å²) in [6.07, 6.45) is 0.427. The summed E-state index contributed by atoms with van der Waals surface area (Å²) in [5, 5.41) is 2.60. The van der Waals surface area contributed by atoms with E-state index in [1.165, 1.54) is 6.07 Å². The summed E-state index contributed by atoms with van der Waals surface area (Å²) in [7, 11) is 1.54. The van der Waals surface area contributed by atoms with Crippen LogP contribution in [0.15, 0.2) is 18.2 Å². The van der Waals surface area contributed by atoms with Crippen molar-refractivity contribution >= 4 is 11.6 Å². The molecule has 0 aliphatic carbocycles. The molecule has 94 valence electrons. The van der Waals surface area contributed by atoms with Crippen LogP contribution in [0, 0.1) is 12.7 Å². The van der Waals surface area contributed by atoms with E-state index in [9.17, 15) is 9.18 Å². The van der Waals surface area contributed by atoms with Crippen molar-refractivity contribution < 1.29 is 13.9 Å². The summed E-state index contributed by atoms with van der Waals surface area (Å²) in [4.78, 5) is 11.7. The molecule has 5 heteroatoms. The minimum Gasteiger partial charge on any atom is -0.385 e. The van der Waals surface area contributed by atoms with Crippen LogP contribution in [0.1, 0.15) is 12.0 Å². The van der Waals surface area contributed by atoms with Crippen molar-refractivity contribution in [3.8, 4) is 0 Å². The Kier molecular flexibility index (Phi) is 5.06. The molecule has 0 spiro atoms. The predicted octanol–water partition coefficient (Wildman–Crippen LogP) is 1.44. The molecule has 1 aromatic rings. The highest BCUT2D eigenvalue weighted by Crippen LogP contribution is 2.17. The molecule has 1 unspecified atom stereocenters. The Morgan fingerprint density at radius 1 is 1.59 bits per heavy atom. The Hall–Kier alpha value is -1.46. The molecule has 1 atom stereocenters. The molecule has 0 aliphatic rings. The van der Waals surface area contributed by atoms with E-state index in [1.54, 1.807) is 26.2 Å². The largest absolute Gasteiger partial charge is 0.385 e. The summed E-state index contributed by atoms with van der Waals surface area (Å²) in [6, 6.07) is 3.87. The maximum atomic E-state index is 13.2. The van der Waals surface area contributed by atoms with Crippen molar-refractivity contribution in [1.29, 1.82) is 0 Å². The Labute approximate surface area is 100.0 Å². The lowest BCUT2D eigenvalue weighted by Crippen LogP contribution is -2.36. The van der Waals surface area contributed by atoms with Gasteiger partial charge in [0.1, 0.15) is 5.82 Å². The van der Waals surface area contributed by atoms with Gasteiger partial charge in [0.2, 0.25) is 5.91 Å². The van der Waals surface area contributed by atoms with E-state index in [-0.39, 0.29) is 11.7 Å². The summed E-state index contributed by atoms with van der Waals surface area (Å²) >= 11 is 0. The molecule has 3 N–H and O–H groups in total. The first kappa shape index (κ1) is 13.6. The van der Waals surface area contributed by atoms with E-state index in [0.717, 1.165) is 0 Å². The third-order valence-electron chi connectivity index (χ3n) is 2.50. The van der Waals surface area contributed by atoms with Crippen molar-refractivity contribution in [1.82, 2.24) is 0 Å². The number of benzene rings is 1. The number of nitrogens with two attached hydrogens (primary N) is 1. The second-order valence-electron chi connectivity index (χ2n) is 3.79. The topological polar surface area (TPSA) is 64.3 Å². The van der Waals surface area contributed by atoms with Gasteiger partial charge in [-0.3, -0.25) is 4.79 Å². The lowest BCUT2D eigenvalue weighted by Gasteiger charge is -2.13. The van der Waals surface area contributed by atoms with Crippen LogP contribution in [0.3, 0.4) is 0 Å². The molecule has 1 aromatic carbocycles. The highest BCUT2D eigenvalue weighted by molar-refractivity contribution is 5.95. The molecule has 1 amide bonds. The minimum absolute atomic E-state index is 0.337. The molecule has 4 nitrogen and oxygen atoms in total. The first-order valence-electron chi connectivity index (χ1n) is 5.36. The number of rotatable bonds is 5. The molecule has 0 radical (unpaired) electrons. The Balaban J connectivity index is 2.64. The first-order valence-corrected chi connectivity index (χ1v) is 5.36. The van der Waals surface area contributed by atoms with Crippen molar-refractivity contribution in [2.75, 3.05) is 19.0 Å². The molecule has 0 bridgehead atoms. The van der Waals surface area contributed by atoms with E-state index in [1.807, 2.05) is 0 Å². The molecule has 0 aromatic heterocycles. The van der Waals surface area contributed by atoms with Gasteiger partial charge in [-0.1, -0.05) is 6.07 Å². The standard InChI is InChI=1S/C12H17FN2O2/c1-8-9(13)4-3-5-11(8)15-12(16)10(14)6-7-17-2/h3-5,10H,6-7,14H2,1-2H3,(H,15,16). The maximum absolute atomic E-state index is 13.2. The van der Waals surface area contributed by atoms with Crippen LogP contribution in [-0.4, -0.2) is 25.7 Å². The normalized spacial score (nSPS) is 12.2. The smallest absolute Gasteiger partial charge is 0.241 e. The summed E-state index contributed by atoms with van der Waals surface area (Å²) in [6.45, 7) is 2.02. The second-order valence-corrected chi connectivity index (χ2v) is 3.79. The van der Waals surface area contributed by atoms with Gasteiger partial charge in [0.05, 0.1) is 6.04 Å². The number of ether oxygens (including phenoxy) is 1. The van der Waals surface area contributed by atoms with Gasteiger partial charge in [-0.2, -0.15) is 0 Å². The average molecular weight is 240 g/mol. The van der Waals surface area contributed by atoms with Crippen LogP contribution in [0.4, 0.5) is 10.1 Å². The van der Waals surface area contributed by atoms with Crippen molar-refractivity contribution in [2.24, 2.45) is 5.73 Å². The SMILES string of the molecule is COCCC(N)C(=O)Nc1cccc(F)c1C. The summed E-state index contributed by atoms with van der Waals surface area (Å²) in [5.41, 5.74) is 6.50. The number of carbonyl (C=O) groups excluding carboxylic acids is 1. The van der Waals surface area contributed by atoms with Crippen LogP contribution in [0.25, 0.3) is 0 Å². The van der Waals surface area contributed by atoms with E-state index in [0.29, 0.717) is 24.3 Å². The van der Waals surface area contributed by atoms with Crippen LogP contribution in [0.2, 0.25) is 0 Å². The van der Waals surface area contributed by atoms with Crippen molar-refractivity contribution in [2.45, 2.75) is 19.4 Å². The number of halogens is 1. The fourth-order valence-electron chi connectivity index (χ4n) is 1.34. The monoisotopic (exact) mass is 240 g/mol. The third-order valence-corrected chi connectivity index (χ3v) is 2.50.